The normalized spacial score (nSPS) is 12.2. The zero-order valence-corrected chi connectivity index (χ0v) is 22.3. The molecule has 0 fully saturated rings. The molecule has 0 spiro atoms. The number of ether oxygens (including phenoxy) is 3. The number of rotatable bonds is 21. The van der Waals surface area contributed by atoms with Crippen LogP contribution >= 0.6 is 12.4 Å². The SMILES string of the molecule is C=CN(CCNCCCC(CCCCCCCC)C(OC)(OC)OC)Cc1ccccc1.Cl. The molecule has 1 aromatic carbocycles. The Morgan fingerprint density at radius 1 is 0.909 bits per heavy atom. The second-order valence-electron chi connectivity index (χ2n) is 8.50. The summed E-state index contributed by atoms with van der Waals surface area (Å²) < 4.78 is 17.1. The molecule has 0 aliphatic rings. The smallest absolute Gasteiger partial charge is 0.285 e. The van der Waals surface area contributed by atoms with Gasteiger partial charge in [-0.05, 0) is 37.6 Å². The number of nitrogens with zero attached hydrogens (tertiary/aromatic N) is 1. The lowest BCUT2D eigenvalue weighted by molar-refractivity contribution is -0.380. The van der Waals surface area contributed by atoms with E-state index >= 15 is 0 Å². The van der Waals surface area contributed by atoms with Gasteiger partial charge in [-0.15, -0.1) is 12.4 Å². The summed E-state index contributed by atoms with van der Waals surface area (Å²) in [6.07, 6.45) is 12.8. The Morgan fingerprint density at radius 2 is 1.52 bits per heavy atom. The minimum Gasteiger partial charge on any atom is -0.372 e. The molecule has 1 N–H and O–H groups in total. The molecule has 1 rings (SSSR count). The molecule has 192 valence electrons. The number of unbranched alkanes of at least 4 members (excludes halogenated alkanes) is 5. The first kappa shape index (κ1) is 31.9. The maximum atomic E-state index is 5.69. The van der Waals surface area contributed by atoms with Gasteiger partial charge in [0.25, 0.3) is 5.97 Å². The molecule has 0 aliphatic heterocycles. The van der Waals surface area contributed by atoms with E-state index in [4.69, 9.17) is 14.2 Å². The van der Waals surface area contributed by atoms with E-state index in [-0.39, 0.29) is 18.3 Å². The van der Waals surface area contributed by atoms with Gasteiger partial charge < -0.3 is 24.4 Å². The Morgan fingerprint density at radius 3 is 2.12 bits per heavy atom. The molecular formula is C27H49ClN2O3. The van der Waals surface area contributed by atoms with Crippen LogP contribution in [0.15, 0.2) is 43.1 Å². The molecule has 1 atom stereocenters. The second-order valence-corrected chi connectivity index (χ2v) is 8.50. The molecule has 0 bridgehead atoms. The van der Waals surface area contributed by atoms with Gasteiger partial charge >= 0.3 is 0 Å². The number of hydrogen-bond acceptors (Lipinski definition) is 5. The molecule has 5 nitrogen and oxygen atoms in total. The fourth-order valence-electron chi connectivity index (χ4n) is 4.29. The molecule has 6 heteroatoms. The second kappa shape index (κ2) is 20.3. The molecule has 1 unspecified atom stereocenters. The van der Waals surface area contributed by atoms with Crippen molar-refractivity contribution in [1.82, 2.24) is 10.2 Å². The third-order valence-corrected chi connectivity index (χ3v) is 6.23. The third kappa shape index (κ3) is 12.8. The Hall–Kier alpha value is -1.11. The number of hydrogen-bond donors (Lipinski definition) is 1. The van der Waals surface area contributed by atoms with Crippen LogP contribution in [0.4, 0.5) is 0 Å². The van der Waals surface area contributed by atoms with Crippen LogP contribution < -0.4 is 5.32 Å². The van der Waals surface area contributed by atoms with E-state index in [9.17, 15) is 0 Å². The maximum Gasteiger partial charge on any atom is 0.285 e. The first-order valence-electron chi connectivity index (χ1n) is 12.4. The lowest BCUT2D eigenvalue weighted by Crippen LogP contribution is -2.44. The van der Waals surface area contributed by atoms with E-state index in [1.165, 1.54) is 44.1 Å². The number of benzene rings is 1. The average molecular weight is 485 g/mol. The standard InChI is InChI=1S/C27H48N2O3.ClH/c1-6-8-9-10-11-15-19-26(27(30-3,31-4)32-5)20-16-21-28-22-23-29(7-2)24-25-17-13-12-14-18-25;/h7,12-14,17-18,26,28H,2,6,8-11,15-16,19-24H2,1,3-5H3;1H. The zero-order chi connectivity index (χ0) is 23.5. The summed E-state index contributed by atoms with van der Waals surface area (Å²) >= 11 is 0. The van der Waals surface area contributed by atoms with Crippen LogP contribution in [0.25, 0.3) is 0 Å². The monoisotopic (exact) mass is 484 g/mol. The Kier molecular flexibility index (Phi) is 19.6. The number of nitrogens with one attached hydrogen (secondary N) is 1. The minimum absolute atomic E-state index is 0. The van der Waals surface area contributed by atoms with Gasteiger partial charge in [0, 0.05) is 46.9 Å². The third-order valence-electron chi connectivity index (χ3n) is 6.23. The van der Waals surface area contributed by atoms with Gasteiger partial charge in [0.2, 0.25) is 0 Å². The first-order valence-corrected chi connectivity index (χ1v) is 12.4. The fourth-order valence-corrected chi connectivity index (χ4v) is 4.29. The lowest BCUT2D eigenvalue weighted by atomic mass is 9.93. The molecule has 0 radical (unpaired) electrons. The summed E-state index contributed by atoms with van der Waals surface area (Å²) in [5.41, 5.74) is 1.31. The van der Waals surface area contributed by atoms with Crippen LogP contribution in [-0.2, 0) is 20.8 Å². The molecule has 0 heterocycles. The van der Waals surface area contributed by atoms with E-state index < -0.39 is 5.97 Å². The van der Waals surface area contributed by atoms with Gasteiger partial charge in [0.05, 0.1) is 0 Å². The quantitative estimate of drug-likeness (QED) is 0.162. The molecular weight excluding hydrogens is 436 g/mol. The van der Waals surface area contributed by atoms with E-state index in [1.807, 2.05) is 6.20 Å². The highest BCUT2D eigenvalue weighted by molar-refractivity contribution is 5.85. The van der Waals surface area contributed by atoms with Gasteiger partial charge in [-0.2, -0.15) is 0 Å². The van der Waals surface area contributed by atoms with Crippen LogP contribution in [0.2, 0.25) is 0 Å². The van der Waals surface area contributed by atoms with Gasteiger partial charge in [-0.1, -0.05) is 82.4 Å². The van der Waals surface area contributed by atoms with Crippen molar-refractivity contribution in [2.45, 2.75) is 77.2 Å². The molecule has 0 aliphatic carbocycles. The summed E-state index contributed by atoms with van der Waals surface area (Å²) in [6.45, 7) is 9.96. The molecule has 0 aromatic heterocycles. The van der Waals surface area contributed by atoms with E-state index in [0.29, 0.717) is 0 Å². The summed E-state index contributed by atoms with van der Waals surface area (Å²) in [7, 11) is 5.03. The van der Waals surface area contributed by atoms with Crippen molar-refractivity contribution in [1.29, 1.82) is 0 Å². The van der Waals surface area contributed by atoms with Crippen molar-refractivity contribution in [2.75, 3.05) is 41.0 Å². The highest BCUT2D eigenvalue weighted by atomic mass is 35.5. The molecule has 0 saturated carbocycles. The minimum atomic E-state index is -0.946. The summed E-state index contributed by atoms with van der Waals surface area (Å²) in [5, 5.41) is 3.58. The Bertz CT molecular complexity index is 561. The van der Waals surface area contributed by atoms with Crippen molar-refractivity contribution < 1.29 is 14.2 Å². The van der Waals surface area contributed by atoms with Crippen LogP contribution in [0, 0.1) is 5.92 Å². The van der Waals surface area contributed by atoms with Crippen molar-refractivity contribution in [2.24, 2.45) is 5.92 Å². The van der Waals surface area contributed by atoms with Crippen molar-refractivity contribution in [3.63, 3.8) is 0 Å². The van der Waals surface area contributed by atoms with E-state index in [2.05, 4.69) is 54.1 Å². The predicted octanol–water partition coefficient (Wildman–Crippen LogP) is 6.38. The number of methoxy groups -OCH3 is 3. The first-order chi connectivity index (χ1) is 15.7. The molecule has 0 saturated heterocycles. The maximum absolute atomic E-state index is 5.69. The topological polar surface area (TPSA) is 43.0 Å². The van der Waals surface area contributed by atoms with Crippen LogP contribution in [0.3, 0.4) is 0 Å². The van der Waals surface area contributed by atoms with E-state index in [1.54, 1.807) is 21.3 Å². The van der Waals surface area contributed by atoms with Gasteiger partial charge in [-0.25, -0.2) is 0 Å². The number of halogens is 1. The predicted molar refractivity (Wildman–Crippen MR) is 142 cm³/mol. The largest absolute Gasteiger partial charge is 0.372 e. The zero-order valence-electron chi connectivity index (χ0n) is 21.5. The summed E-state index contributed by atoms with van der Waals surface area (Å²) in [4.78, 5) is 2.25. The average Bonchev–Trinajstić information content (AvgIpc) is 2.84. The van der Waals surface area contributed by atoms with Crippen LogP contribution in [0.5, 0.6) is 0 Å². The van der Waals surface area contributed by atoms with Crippen molar-refractivity contribution in [3.8, 4) is 0 Å². The van der Waals surface area contributed by atoms with Crippen molar-refractivity contribution >= 4 is 12.4 Å². The summed E-state index contributed by atoms with van der Waals surface area (Å²) in [5.74, 6) is -0.725. The van der Waals surface area contributed by atoms with Gasteiger partial charge in [0.15, 0.2) is 0 Å². The Balaban J connectivity index is 0.0000102. The fraction of sp³-hybridized carbons (Fsp3) is 0.704. The van der Waals surface area contributed by atoms with Gasteiger partial charge in [-0.3, -0.25) is 0 Å². The highest BCUT2D eigenvalue weighted by Crippen LogP contribution is 2.32. The molecule has 1 aromatic rings. The summed E-state index contributed by atoms with van der Waals surface area (Å²) in [6, 6.07) is 10.5. The van der Waals surface area contributed by atoms with Crippen molar-refractivity contribution in [3.05, 3.63) is 48.7 Å². The van der Waals surface area contributed by atoms with Gasteiger partial charge in [0.1, 0.15) is 0 Å². The molecule has 0 amide bonds. The van der Waals surface area contributed by atoms with E-state index in [0.717, 1.165) is 45.4 Å². The highest BCUT2D eigenvalue weighted by Gasteiger charge is 2.39. The van der Waals surface area contributed by atoms with Crippen LogP contribution in [-0.4, -0.2) is 51.8 Å². The Labute approximate surface area is 209 Å². The lowest BCUT2D eigenvalue weighted by Gasteiger charge is -2.36. The molecule has 33 heavy (non-hydrogen) atoms. The van der Waals surface area contributed by atoms with Crippen LogP contribution in [0.1, 0.15) is 70.3 Å².